The van der Waals surface area contributed by atoms with Crippen LogP contribution in [0.2, 0.25) is 0 Å². The van der Waals surface area contributed by atoms with Gasteiger partial charge in [-0.05, 0) is 0 Å². The molecule has 8 nitrogen and oxygen atoms in total. The molecule has 0 saturated heterocycles. The Morgan fingerprint density at radius 2 is 1.43 bits per heavy atom. The molecule has 2 aromatic rings. The van der Waals surface area contributed by atoms with Gasteiger partial charge >= 0.3 is 257 Å². The second kappa shape index (κ2) is 11.9. The SMILES string of the molecule is C=CC1=C(C)C2=NC/1=C\c1c(C)c(C=C)c3[n]1[Fe][n]1/c(c(C)c(CCC(=O)O)/c1=C/C1=NC(=C\3)/C(C)=C1CCC(=O)O)=C\2.[Mn]. The summed E-state index contributed by atoms with van der Waals surface area (Å²) >= 11 is 0.463. The molecular formula is C34H32FeMnN4O4. The molecular weight excluding hydrogens is 639 g/mol. The smallest absolute Gasteiger partial charge is 0 e. The summed E-state index contributed by atoms with van der Waals surface area (Å²) in [6.07, 6.45) is 12.7. The fourth-order valence-electron chi connectivity index (χ4n) is 6.14. The van der Waals surface area contributed by atoms with Crippen LogP contribution < -0.4 is 10.7 Å². The minimum atomic E-state index is -0.868. The number of aliphatic carboxylic acids is 2. The third-order valence-electron chi connectivity index (χ3n) is 8.55. The monoisotopic (exact) mass is 671 g/mol. The van der Waals surface area contributed by atoms with E-state index in [0.717, 1.165) is 83.7 Å². The number of hydrogen-bond acceptors (Lipinski definition) is 4. The van der Waals surface area contributed by atoms with Gasteiger partial charge in [0.15, 0.2) is 0 Å². The van der Waals surface area contributed by atoms with Crippen molar-refractivity contribution in [1.82, 2.24) is 7.17 Å². The summed E-state index contributed by atoms with van der Waals surface area (Å²) in [5.41, 5.74) is 12.9. The number of aromatic nitrogens is 2. The maximum Gasteiger partial charge on any atom is 0 e. The Balaban J connectivity index is 0.00000384. The normalized spacial score (nSPS) is 20.3. The zero-order chi connectivity index (χ0) is 30.7. The Morgan fingerprint density at radius 1 is 0.795 bits per heavy atom. The standard InChI is InChI=1S/C34H34N4O4.Fe.Mn/c1-7-21-17(3)25-13-26-19(5)23(9-11-33(39)40)31(37-26)16-32-24(10-12-34(41)42)20(6)28(38-32)15-30-22(8-2)18(4)27(36-30)14-29(21)35-25;;/h7-8,13-16H,1-2,9-12H2,3-6H3,(H4,35,36,37,38,39,40,41,42);;/q;+2;/p-2/b25-13?,26-13-,27-14?,28-15-,29-14-,30-15?,31-16-,32-16?;;. The van der Waals surface area contributed by atoms with Crippen LogP contribution in [-0.4, -0.2) is 40.7 Å². The summed E-state index contributed by atoms with van der Waals surface area (Å²) in [4.78, 5) is 33.4. The van der Waals surface area contributed by atoms with Crippen molar-refractivity contribution < 1.29 is 52.3 Å². The Kier molecular flexibility index (Phi) is 8.49. The first-order chi connectivity index (χ1) is 20.5. The number of carboxylic acid groups (broad SMARTS) is 2. The van der Waals surface area contributed by atoms with E-state index in [9.17, 15) is 19.8 Å². The quantitative estimate of drug-likeness (QED) is 0.396. The van der Waals surface area contributed by atoms with Crippen molar-refractivity contribution in [2.75, 3.05) is 0 Å². The average molecular weight is 671 g/mol. The summed E-state index contributed by atoms with van der Waals surface area (Å²) in [6, 6.07) is 0. The van der Waals surface area contributed by atoms with E-state index in [2.05, 4.69) is 45.5 Å². The molecule has 0 spiro atoms. The molecule has 6 bridgehead atoms. The largest absolute Gasteiger partial charge is 0 e. The van der Waals surface area contributed by atoms with Gasteiger partial charge in [0.25, 0.3) is 0 Å². The van der Waals surface area contributed by atoms with Gasteiger partial charge in [0.1, 0.15) is 0 Å². The zero-order valence-electron chi connectivity index (χ0n) is 24.9. The van der Waals surface area contributed by atoms with E-state index in [0.29, 0.717) is 33.9 Å². The van der Waals surface area contributed by atoms with Crippen LogP contribution in [0, 0.1) is 13.8 Å². The van der Waals surface area contributed by atoms with Crippen LogP contribution in [0.25, 0.3) is 30.4 Å². The van der Waals surface area contributed by atoms with Crippen molar-refractivity contribution in [1.29, 1.82) is 0 Å². The van der Waals surface area contributed by atoms with E-state index in [1.165, 1.54) is 0 Å². The minimum absolute atomic E-state index is 0. The molecule has 4 aliphatic rings. The van der Waals surface area contributed by atoms with E-state index in [1.54, 1.807) is 0 Å². The predicted molar refractivity (Wildman–Crippen MR) is 167 cm³/mol. The van der Waals surface area contributed by atoms with Crippen molar-refractivity contribution in [3.05, 3.63) is 97.3 Å². The van der Waals surface area contributed by atoms with Gasteiger partial charge in [0.05, 0.1) is 0 Å². The molecule has 0 amide bonds. The Labute approximate surface area is 272 Å². The second-order valence-corrected chi connectivity index (χ2v) is 12.2. The number of rotatable bonds is 8. The number of nitrogens with zero attached hydrogens (tertiary/aromatic N) is 4. The van der Waals surface area contributed by atoms with Gasteiger partial charge < -0.3 is 0 Å². The Morgan fingerprint density at radius 3 is 2.09 bits per heavy atom. The van der Waals surface area contributed by atoms with Gasteiger partial charge in [-0.1, -0.05) is 0 Å². The first kappa shape index (κ1) is 31.5. The van der Waals surface area contributed by atoms with Crippen LogP contribution >= 0.6 is 0 Å². The molecule has 1 radical (unpaired) electrons. The molecule has 2 N–H and O–H groups in total. The fraction of sp³-hybridized carbons (Fsp3) is 0.235. The van der Waals surface area contributed by atoms with Crippen LogP contribution in [-0.2, 0) is 48.5 Å². The van der Waals surface area contributed by atoms with Crippen LogP contribution in [0.1, 0.15) is 66.8 Å². The molecule has 227 valence electrons. The first-order valence-electron chi connectivity index (χ1n) is 14.1. The van der Waals surface area contributed by atoms with Crippen molar-refractivity contribution in [3.63, 3.8) is 0 Å². The number of fused-ring (bicyclic) bond motifs is 2. The summed E-state index contributed by atoms with van der Waals surface area (Å²) in [5.74, 6) is -1.74. The number of hydrogen-bond donors (Lipinski definition) is 2. The van der Waals surface area contributed by atoms with Crippen LogP contribution in [0.15, 0.2) is 62.9 Å². The average Bonchev–Trinajstić information content (AvgIpc) is 3.58. The molecule has 4 aliphatic heterocycles. The van der Waals surface area contributed by atoms with Gasteiger partial charge in [-0.15, -0.1) is 0 Å². The minimum Gasteiger partial charge on any atom is 0 e. The Bertz CT molecular complexity index is 2030. The van der Waals surface area contributed by atoms with E-state index < -0.39 is 11.9 Å². The van der Waals surface area contributed by atoms with Crippen LogP contribution in [0.3, 0.4) is 0 Å². The maximum atomic E-state index is 11.8. The van der Waals surface area contributed by atoms with E-state index in [1.807, 2.05) is 39.0 Å². The number of aliphatic imine (C=N–C) groups is 2. The summed E-state index contributed by atoms with van der Waals surface area (Å²) in [7, 11) is 0. The number of allylic oxidation sites excluding steroid dienone is 4. The van der Waals surface area contributed by atoms with E-state index in [-0.39, 0.29) is 29.9 Å². The van der Waals surface area contributed by atoms with E-state index in [4.69, 9.17) is 9.98 Å². The summed E-state index contributed by atoms with van der Waals surface area (Å²) < 4.78 is 4.47. The van der Waals surface area contributed by atoms with Gasteiger partial charge in [-0.25, -0.2) is 0 Å². The molecule has 0 atom stereocenters. The molecule has 10 heteroatoms. The fourth-order valence-corrected chi connectivity index (χ4v) is 7.77. The second-order valence-electron chi connectivity index (χ2n) is 11.0. The Hall–Kier alpha value is -3.94. The predicted octanol–water partition coefficient (Wildman–Crippen LogP) is 4.74. The first-order valence-corrected chi connectivity index (χ1v) is 15.1. The van der Waals surface area contributed by atoms with Crippen LogP contribution in [0.4, 0.5) is 0 Å². The van der Waals surface area contributed by atoms with Crippen molar-refractivity contribution in [2.45, 2.75) is 53.4 Å². The number of carbonyl (C=O) groups is 2. The van der Waals surface area contributed by atoms with Gasteiger partial charge in [0.2, 0.25) is 0 Å². The van der Waals surface area contributed by atoms with E-state index >= 15 is 0 Å². The number of carboxylic acids is 2. The molecule has 0 aromatic carbocycles. The van der Waals surface area contributed by atoms with Gasteiger partial charge in [0, 0.05) is 17.1 Å². The summed E-state index contributed by atoms with van der Waals surface area (Å²) in [5, 5.41) is 21.0. The van der Waals surface area contributed by atoms with Gasteiger partial charge in [-0.2, -0.15) is 0 Å². The third-order valence-corrected chi connectivity index (χ3v) is 10.1. The third kappa shape index (κ3) is 5.02. The van der Waals surface area contributed by atoms with Crippen molar-refractivity contribution in [3.8, 4) is 0 Å². The van der Waals surface area contributed by atoms with Crippen molar-refractivity contribution in [2.24, 2.45) is 9.98 Å². The van der Waals surface area contributed by atoms with Crippen molar-refractivity contribution >= 4 is 53.7 Å². The topological polar surface area (TPSA) is 109 Å². The van der Waals surface area contributed by atoms with Crippen LogP contribution in [0.5, 0.6) is 0 Å². The molecule has 2 aromatic heterocycles. The molecule has 0 saturated carbocycles. The summed E-state index contributed by atoms with van der Waals surface area (Å²) in [6.45, 7) is 16.4. The van der Waals surface area contributed by atoms with Gasteiger partial charge in [-0.3, -0.25) is 0 Å². The molecule has 6 heterocycles. The molecule has 0 fully saturated rings. The molecule has 6 rings (SSSR count). The molecule has 44 heavy (non-hydrogen) atoms. The molecule has 0 unspecified atom stereocenters. The maximum absolute atomic E-state index is 11.8. The zero-order valence-corrected chi connectivity index (χ0v) is 27.2. The molecule has 0 aliphatic carbocycles.